The van der Waals surface area contributed by atoms with Crippen LogP contribution < -0.4 is 15.0 Å². The number of anilines is 1. The number of fused-ring (bicyclic) bond motifs is 1. The molecule has 0 spiro atoms. The smallest absolute Gasteiger partial charge is 0.270 e. The SMILES string of the molecule is CCN(CC)CCCC(C)NC(=O)c1csc(CN2C(=O)COc3cc(C)ccc32)n1. The van der Waals surface area contributed by atoms with E-state index in [2.05, 4.69) is 29.0 Å². The average Bonchev–Trinajstić information content (AvgIpc) is 3.22. The van der Waals surface area contributed by atoms with Crippen LogP contribution >= 0.6 is 11.3 Å². The Balaban J connectivity index is 1.57. The lowest BCUT2D eigenvalue weighted by atomic mass is 10.1. The topological polar surface area (TPSA) is 74.8 Å². The highest BCUT2D eigenvalue weighted by molar-refractivity contribution is 7.09. The summed E-state index contributed by atoms with van der Waals surface area (Å²) in [4.78, 5) is 33.6. The number of benzene rings is 1. The molecule has 7 nitrogen and oxygen atoms in total. The van der Waals surface area contributed by atoms with Gasteiger partial charge in [-0.15, -0.1) is 11.3 Å². The second-order valence-electron chi connectivity index (χ2n) is 7.91. The first-order valence-electron chi connectivity index (χ1n) is 10.9. The van der Waals surface area contributed by atoms with Crippen molar-refractivity contribution in [1.29, 1.82) is 0 Å². The lowest BCUT2D eigenvalue weighted by molar-refractivity contribution is -0.121. The fourth-order valence-electron chi connectivity index (χ4n) is 3.64. The van der Waals surface area contributed by atoms with E-state index in [1.807, 2.05) is 32.0 Å². The Morgan fingerprint density at radius 1 is 1.35 bits per heavy atom. The molecule has 0 fully saturated rings. The zero-order valence-electron chi connectivity index (χ0n) is 18.8. The number of carbonyl (C=O) groups excluding carboxylic acids is 2. The molecule has 3 rings (SSSR count). The van der Waals surface area contributed by atoms with Crippen LogP contribution in [0.1, 0.15) is 54.7 Å². The van der Waals surface area contributed by atoms with E-state index in [1.165, 1.54) is 11.3 Å². The molecule has 1 aliphatic rings. The molecule has 1 aromatic carbocycles. The summed E-state index contributed by atoms with van der Waals surface area (Å²) in [6, 6.07) is 5.86. The summed E-state index contributed by atoms with van der Waals surface area (Å²) in [5, 5.41) is 5.52. The number of aryl methyl sites for hydroxylation is 1. The van der Waals surface area contributed by atoms with Crippen molar-refractivity contribution >= 4 is 28.8 Å². The predicted octanol–water partition coefficient (Wildman–Crippen LogP) is 3.62. The molecule has 1 aliphatic heterocycles. The van der Waals surface area contributed by atoms with Crippen LogP contribution in [0.15, 0.2) is 23.6 Å². The molecule has 0 aliphatic carbocycles. The number of hydrogen-bond donors (Lipinski definition) is 1. The fourth-order valence-corrected chi connectivity index (χ4v) is 4.40. The molecule has 0 radical (unpaired) electrons. The summed E-state index contributed by atoms with van der Waals surface area (Å²) in [5.41, 5.74) is 2.22. The molecular formula is C23H32N4O3S. The van der Waals surface area contributed by atoms with Crippen molar-refractivity contribution < 1.29 is 14.3 Å². The summed E-state index contributed by atoms with van der Waals surface area (Å²) in [6.45, 7) is 11.8. The molecule has 1 unspecified atom stereocenters. The van der Waals surface area contributed by atoms with Crippen LogP contribution in [0, 0.1) is 6.92 Å². The summed E-state index contributed by atoms with van der Waals surface area (Å²) in [7, 11) is 0. The molecule has 0 saturated heterocycles. The zero-order chi connectivity index (χ0) is 22.4. The van der Waals surface area contributed by atoms with E-state index in [4.69, 9.17) is 4.74 Å². The normalized spacial score (nSPS) is 14.4. The molecule has 31 heavy (non-hydrogen) atoms. The van der Waals surface area contributed by atoms with E-state index < -0.39 is 0 Å². The van der Waals surface area contributed by atoms with Gasteiger partial charge in [0.15, 0.2) is 6.61 Å². The van der Waals surface area contributed by atoms with Gasteiger partial charge in [0.25, 0.3) is 11.8 Å². The van der Waals surface area contributed by atoms with Gasteiger partial charge in [-0.1, -0.05) is 19.9 Å². The lowest BCUT2D eigenvalue weighted by Gasteiger charge is -2.28. The highest BCUT2D eigenvalue weighted by atomic mass is 32.1. The highest BCUT2D eigenvalue weighted by Gasteiger charge is 2.27. The molecular weight excluding hydrogens is 412 g/mol. The van der Waals surface area contributed by atoms with E-state index in [-0.39, 0.29) is 24.5 Å². The van der Waals surface area contributed by atoms with Gasteiger partial charge in [0.05, 0.1) is 12.2 Å². The lowest BCUT2D eigenvalue weighted by Crippen LogP contribution is -2.38. The summed E-state index contributed by atoms with van der Waals surface area (Å²) in [5.74, 6) is 0.425. The number of amides is 2. The van der Waals surface area contributed by atoms with Gasteiger partial charge in [-0.05, 0) is 64.0 Å². The van der Waals surface area contributed by atoms with Gasteiger partial charge in [0.2, 0.25) is 0 Å². The van der Waals surface area contributed by atoms with Gasteiger partial charge in [-0.3, -0.25) is 14.5 Å². The third-order valence-electron chi connectivity index (χ3n) is 5.52. The van der Waals surface area contributed by atoms with Crippen LogP contribution in [-0.4, -0.2) is 54.0 Å². The number of aromatic nitrogens is 1. The Hall–Kier alpha value is -2.45. The van der Waals surface area contributed by atoms with Crippen LogP contribution in [0.25, 0.3) is 0 Å². The second kappa shape index (κ2) is 10.7. The predicted molar refractivity (Wildman–Crippen MR) is 124 cm³/mol. The second-order valence-corrected chi connectivity index (χ2v) is 8.85. The van der Waals surface area contributed by atoms with Gasteiger partial charge in [-0.2, -0.15) is 0 Å². The third kappa shape index (κ3) is 6.04. The van der Waals surface area contributed by atoms with Gasteiger partial charge in [0.1, 0.15) is 16.5 Å². The van der Waals surface area contributed by atoms with Crippen LogP contribution in [0.2, 0.25) is 0 Å². The van der Waals surface area contributed by atoms with Crippen molar-refractivity contribution in [2.45, 2.75) is 53.1 Å². The minimum atomic E-state index is -0.165. The minimum Gasteiger partial charge on any atom is -0.482 e. The molecule has 1 atom stereocenters. The van der Waals surface area contributed by atoms with Crippen molar-refractivity contribution in [2.75, 3.05) is 31.1 Å². The monoisotopic (exact) mass is 444 g/mol. The average molecular weight is 445 g/mol. The van der Waals surface area contributed by atoms with Crippen molar-refractivity contribution in [3.05, 3.63) is 39.8 Å². The molecule has 0 bridgehead atoms. The van der Waals surface area contributed by atoms with Gasteiger partial charge < -0.3 is 15.0 Å². The third-order valence-corrected chi connectivity index (χ3v) is 6.35. The van der Waals surface area contributed by atoms with Crippen molar-refractivity contribution in [2.24, 2.45) is 0 Å². The molecule has 8 heteroatoms. The van der Waals surface area contributed by atoms with E-state index in [0.717, 1.165) is 48.7 Å². The molecule has 168 valence electrons. The van der Waals surface area contributed by atoms with Crippen LogP contribution in [0.4, 0.5) is 5.69 Å². The van der Waals surface area contributed by atoms with Crippen molar-refractivity contribution in [1.82, 2.24) is 15.2 Å². The van der Waals surface area contributed by atoms with Crippen molar-refractivity contribution in [3.63, 3.8) is 0 Å². The van der Waals surface area contributed by atoms with E-state index in [1.54, 1.807) is 10.3 Å². The number of hydrogen-bond acceptors (Lipinski definition) is 6. The maximum atomic E-state index is 12.6. The first-order valence-corrected chi connectivity index (χ1v) is 11.8. The van der Waals surface area contributed by atoms with Gasteiger partial charge in [0, 0.05) is 11.4 Å². The Kier molecular flexibility index (Phi) is 8.03. The maximum absolute atomic E-state index is 12.6. The highest BCUT2D eigenvalue weighted by Crippen LogP contribution is 2.34. The Bertz CT molecular complexity index is 910. The number of nitrogens with zero attached hydrogens (tertiary/aromatic N) is 3. The number of carbonyl (C=O) groups is 2. The molecule has 1 aromatic heterocycles. The number of nitrogens with one attached hydrogen (secondary N) is 1. The first kappa shape index (κ1) is 23.2. The van der Waals surface area contributed by atoms with Crippen molar-refractivity contribution in [3.8, 4) is 5.75 Å². The first-order chi connectivity index (χ1) is 14.9. The molecule has 0 saturated carbocycles. The fraction of sp³-hybridized carbons (Fsp3) is 0.522. The minimum absolute atomic E-state index is 0.0141. The zero-order valence-corrected chi connectivity index (χ0v) is 19.6. The number of thiazole rings is 1. The van der Waals surface area contributed by atoms with Gasteiger partial charge in [-0.25, -0.2) is 4.98 Å². The van der Waals surface area contributed by atoms with E-state index >= 15 is 0 Å². The molecule has 2 aromatic rings. The molecule has 1 N–H and O–H groups in total. The van der Waals surface area contributed by atoms with Crippen LogP contribution in [-0.2, 0) is 11.3 Å². The van der Waals surface area contributed by atoms with Crippen LogP contribution in [0.3, 0.4) is 0 Å². The summed E-state index contributed by atoms with van der Waals surface area (Å²) in [6.07, 6.45) is 1.97. The van der Waals surface area contributed by atoms with Gasteiger partial charge >= 0.3 is 0 Å². The Morgan fingerprint density at radius 3 is 2.87 bits per heavy atom. The van der Waals surface area contributed by atoms with Crippen LogP contribution in [0.5, 0.6) is 5.75 Å². The standard InChI is InChI=1S/C23H32N4O3S/c1-5-26(6-2)11-7-8-17(4)24-23(29)18-15-31-21(25-18)13-27-19-10-9-16(3)12-20(19)30-14-22(27)28/h9-10,12,15,17H,5-8,11,13-14H2,1-4H3,(H,24,29). The summed E-state index contributed by atoms with van der Waals surface area (Å²) >= 11 is 1.39. The van der Waals surface area contributed by atoms with E-state index in [0.29, 0.717) is 18.0 Å². The van der Waals surface area contributed by atoms with E-state index in [9.17, 15) is 9.59 Å². The number of rotatable bonds is 10. The summed E-state index contributed by atoms with van der Waals surface area (Å²) < 4.78 is 5.56. The number of ether oxygens (including phenoxy) is 1. The Morgan fingerprint density at radius 2 is 2.13 bits per heavy atom. The molecule has 2 heterocycles. The quantitative estimate of drug-likeness (QED) is 0.606. The largest absolute Gasteiger partial charge is 0.482 e. The molecule has 2 amide bonds. The maximum Gasteiger partial charge on any atom is 0.270 e. The Labute approximate surface area is 188 Å².